The predicted octanol–water partition coefficient (Wildman–Crippen LogP) is 4.73. The molecule has 1 heterocycles. The topological polar surface area (TPSA) is 32.8 Å². The number of nitrogens with zero attached hydrogens (tertiary/aromatic N) is 2. The number of carbonyl (C=O) groups is 1. The van der Waals surface area contributed by atoms with Crippen LogP contribution in [0.4, 0.5) is 5.69 Å². The van der Waals surface area contributed by atoms with Gasteiger partial charge in [0.1, 0.15) is 5.75 Å². The van der Waals surface area contributed by atoms with Crippen molar-refractivity contribution < 1.29 is 9.53 Å². The lowest BCUT2D eigenvalue weighted by Gasteiger charge is -2.37. The number of rotatable bonds is 4. The molecular formula is C21H24Cl2N2O2. The highest BCUT2D eigenvalue weighted by molar-refractivity contribution is 6.32. The van der Waals surface area contributed by atoms with Gasteiger partial charge in [-0.15, -0.1) is 0 Å². The number of ether oxygens (including phenoxy) is 1. The van der Waals surface area contributed by atoms with Crippen molar-refractivity contribution in [2.45, 2.75) is 26.9 Å². The van der Waals surface area contributed by atoms with Gasteiger partial charge in [-0.05, 0) is 62.2 Å². The van der Waals surface area contributed by atoms with Crippen LogP contribution in [0.1, 0.15) is 18.1 Å². The van der Waals surface area contributed by atoms with Gasteiger partial charge >= 0.3 is 0 Å². The van der Waals surface area contributed by atoms with Crippen molar-refractivity contribution >= 4 is 34.8 Å². The van der Waals surface area contributed by atoms with Crippen molar-refractivity contribution in [2.75, 3.05) is 31.1 Å². The minimum atomic E-state index is -0.539. The molecule has 1 aliphatic heterocycles. The van der Waals surface area contributed by atoms with Crippen molar-refractivity contribution in [1.82, 2.24) is 4.90 Å². The molecule has 144 valence electrons. The number of hydrogen-bond acceptors (Lipinski definition) is 3. The van der Waals surface area contributed by atoms with Crippen molar-refractivity contribution in [3.63, 3.8) is 0 Å². The van der Waals surface area contributed by atoms with Gasteiger partial charge in [-0.2, -0.15) is 0 Å². The van der Waals surface area contributed by atoms with Gasteiger partial charge in [0.2, 0.25) is 0 Å². The van der Waals surface area contributed by atoms with Crippen LogP contribution in [0.25, 0.3) is 0 Å². The maximum Gasteiger partial charge on any atom is 0.263 e. The zero-order valence-electron chi connectivity index (χ0n) is 15.8. The first-order valence-electron chi connectivity index (χ1n) is 9.08. The Hall–Kier alpha value is -1.91. The molecule has 1 saturated heterocycles. The van der Waals surface area contributed by atoms with E-state index in [1.807, 2.05) is 55.1 Å². The lowest BCUT2D eigenvalue weighted by atomic mass is 10.1. The summed E-state index contributed by atoms with van der Waals surface area (Å²) in [4.78, 5) is 16.9. The standard InChI is InChI=1S/C21H24Cl2N2O2/c1-14-11-19(12-15(2)20(14)23)27-16(3)21(26)25-9-7-24(8-10-25)18-6-4-5-17(22)13-18/h4-6,11-13,16H,7-10H2,1-3H3/t16-/m0/s1. The van der Waals surface area contributed by atoms with Gasteiger partial charge in [-0.3, -0.25) is 4.79 Å². The molecule has 0 unspecified atom stereocenters. The average molecular weight is 407 g/mol. The van der Waals surface area contributed by atoms with E-state index in [9.17, 15) is 4.79 Å². The second-order valence-corrected chi connectivity index (χ2v) is 7.74. The largest absolute Gasteiger partial charge is 0.481 e. The van der Waals surface area contributed by atoms with E-state index in [0.717, 1.165) is 39.9 Å². The first kappa shape index (κ1) is 19.8. The fraction of sp³-hybridized carbons (Fsp3) is 0.381. The van der Waals surface area contributed by atoms with Gasteiger partial charge in [0.15, 0.2) is 6.10 Å². The van der Waals surface area contributed by atoms with E-state index < -0.39 is 6.10 Å². The van der Waals surface area contributed by atoms with Crippen LogP contribution in [-0.2, 0) is 4.79 Å². The van der Waals surface area contributed by atoms with Gasteiger partial charge in [-0.25, -0.2) is 0 Å². The molecule has 27 heavy (non-hydrogen) atoms. The highest BCUT2D eigenvalue weighted by atomic mass is 35.5. The molecule has 3 rings (SSSR count). The van der Waals surface area contributed by atoms with Crippen LogP contribution in [-0.4, -0.2) is 43.1 Å². The number of amides is 1. The molecule has 1 atom stereocenters. The fourth-order valence-corrected chi connectivity index (χ4v) is 3.64. The number of anilines is 1. The Kier molecular flexibility index (Phi) is 6.18. The Morgan fingerprint density at radius 2 is 1.67 bits per heavy atom. The van der Waals surface area contributed by atoms with E-state index in [1.165, 1.54) is 0 Å². The Morgan fingerprint density at radius 1 is 1.04 bits per heavy atom. The van der Waals surface area contributed by atoms with Gasteiger partial charge in [0.05, 0.1) is 0 Å². The fourth-order valence-electron chi connectivity index (χ4n) is 3.34. The normalized spacial score (nSPS) is 15.6. The first-order valence-corrected chi connectivity index (χ1v) is 9.83. The molecule has 0 saturated carbocycles. The molecule has 1 amide bonds. The third-order valence-electron chi connectivity index (χ3n) is 4.84. The molecule has 1 aliphatic rings. The van der Waals surface area contributed by atoms with Crippen molar-refractivity contribution in [3.05, 3.63) is 57.6 Å². The van der Waals surface area contributed by atoms with Crippen LogP contribution < -0.4 is 9.64 Å². The number of carbonyl (C=O) groups excluding carboxylic acids is 1. The van der Waals surface area contributed by atoms with E-state index in [-0.39, 0.29) is 5.91 Å². The molecule has 2 aromatic rings. The highest BCUT2D eigenvalue weighted by Crippen LogP contribution is 2.27. The summed E-state index contributed by atoms with van der Waals surface area (Å²) in [5.74, 6) is 0.679. The van der Waals surface area contributed by atoms with Crippen LogP contribution in [0.3, 0.4) is 0 Å². The van der Waals surface area contributed by atoms with Crippen molar-refractivity contribution in [2.24, 2.45) is 0 Å². The summed E-state index contributed by atoms with van der Waals surface area (Å²) in [7, 11) is 0. The van der Waals surface area contributed by atoms with E-state index in [1.54, 1.807) is 6.92 Å². The molecule has 0 N–H and O–H groups in total. The van der Waals surface area contributed by atoms with Crippen LogP contribution >= 0.6 is 23.2 Å². The van der Waals surface area contributed by atoms with Gasteiger partial charge in [0, 0.05) is 41.9 Å². The Bertz CT molecular complexity index is 810. The molecule has 1 fully saturated rings. The third kappa shape index (κ3) is 4.69. The summed E-state index contributed by atoms with van der Waals surface area (Å²) in [6.45, 7) is 8.55. The zero-order valence-corrected chi connectivity index (χ0v) is 17.3. The number of halogens is 2. The Labute approximate surface area is 170 Å². The van der Waals surface area contributed by atoms with Crippen LogP contribution in [0.15, 0.2) is 36.4 Å². The second kappa shape index (κ2) is 8.41. The summed E-state index contributed by atoms with van der Waals surface area (Å²) in [5, 5.41) is 1.46. The van der Waals surface area contributed by atoms with Crippen molar-refractivity contribution in [1.29, 1.82) is 0 Å². The molecular weight excluding hydrogens is 383 g/mol. The highest BCUT2D eigenvalue weighted by Gasteiger charge is 2.26. The molecule has 0 radical (unpaired) electrons. The van der Waals surface area contributed by atoms with Crippen molar-refractivity contribution in [3.8, 4) is 5.75 Å². The second-order valence-electron chi connectivity index (χ2n) is 6.92. The maximum absolute atomic E-state index is 12.8. The minimum absolute atomic E-state index is 0.00556. The zero-order chi connectivity index (χ0) is 19.6. The summed E-state index contributed by atoms with van der Waals surface area (Å²) < 4.78 is 5.89. The summed E-state index contributed by atoms with van der Waals surface area (Å²) in [5.41, 5.74) is 2.98. The average Bonchev–Trinajstić information content (AvgIpc) is 2.65. The van der Waals surface area contributed by atoms with E-state index in [4.69, 9.17) is 27.9 Å². The SMILES string of the molecule is Cc1cc(O[C@@H](C)C(=O)N2CCN(c3cccc(Cl)c3)CC2)cc(C)c1Cl. The van der Waals surface area contributed by atoms with Crippen LogP contribution in [0.2, 0.25) is 10.0 Å². The van der Waals surface area contributed by atoms with Crippen LogP contribution in [0, 0.1) is 13.8 Å². The van der Waals surface area contributed by atoms with Crippen LogP contribution in [0.5, 0.6) is 5.75 Å². The Balaban J connectivity index is 1.58. The molecule has 0 spiro atoms. The number of aryl methyl sites for hydroxylation is 2. The molecule has 0 aliphatic carbocycles. The predicted molar refractivity (Wildman–Crippen MR) is 111 cm³/mol. The summed E-state index contributed by atoms with van der Waals surface area (Å²) in [6, 6.07) is 11.5. The third-order valence-corrected chi connectivity index (χ3v) is 5.67. The quantitative estimate of drug-likeness (QED) is 0.735. The maximum atomic E-state index is 12.8. The lowest BCUT2D eigenvalue weighted by Crippen LogP contribution is -2.52. The monoisotopic (exact) mass is 406 g/mol. The summed E-state index contributed by atoms with van der Waals surface area (Å²) in [6.07, 6.45) is -0.539. The molecule has 6 heteroatoms. The Morgan fingerprint density at radius 3 is 2.26 bits per heavy atom. The van der Waals surface area contributed by atoms with E-state index in [0.29, 0.717) is 18.8 Å². The van der Waals surface area contributed by atoms with Gasteiger partial charge in [0.25, 0.3) is 5.91 Å². The molecule has 2 aromatic carbocycles. The molecule has 0 aromatic heterocycles. The molecule has 4 nitrogen and oxygen atoms in total. The number of hydrogen-bond donors (Lipinski definition) is 0. The summed E-state index contributed by atoms with van der Waals surface area (Å²) >= 11 is 12.3. The minimum Gasteiger partial charge on any atom is -0.481 e. The first-order chi connectivity index (χ1) is 12.8. The van der Waals surface area contributed by atoms with Gasteiger partial charge in [-0.1, -0.05) is 29.3 Å². The van der Waals surface area contributed by atoms with Gasteiger partial charge < -0.3 is 14.5 Å². The van der Waals surface area contributed by atoms with E-state index >= 15 is 0 Å². The lowest BCUT2D eigenvalue weighted by molar-refractivity contribution is -0.138. The smallest absolute Gasteiger partial charge is 0.263 e. The number of benzene rings is 2. The van der Waals surface area contributed by atoms with E-state index in [2.05, 4.69) is 4.90 Å². The number of piperazine rings is 1. The molecule has 0 bridgehead atoms.